The highest BCUT2D eigenvalue weighted by Gasteiger charge is 2.28. The molecule has 2 aromatic rings. The lowest BCUT2D eigenvalue weighted by atomic mass is 10.2. The summed E-state index contributed by atoms with van der Waals surface area (Å²) in [5.41, 5.74) is 1.33. The number of hydrogen-bond donors (Lipinski definition) is 2. The summed E-state index contributed by atoms with van der Waals surface area (Å²) in [6.07, 6.45) is 3.70. The van der Waals surface area contributed by atoms with E-state index in [4.69, 9.17) is 5.26 Å². The van der Waals surface area contributed by atoms with Gasteiger partial charge in [-0.3, -0.25) is 9.48 Å². The van der Waals surface area contributed by atoms with Crippen molar-refractivity contribution in [3.8, 4) is 6.07 Å². The van der Waals surface area contributed by atoms with Crippen molar-refractivity contribution in [3.05, 3.63) is 24.2 Å². The van der Waals surface area contributed by atoms with Crippen LogP contribution < -0.4 is 10.6 Å². The third-order valence-electron chi connectivity index (χ3n) is 4.62. The van der Waals surface area contributed by atoms with Crippen molar-refractivity contribution in [1.82, 2.24) is 24.6 Å². The van der Waals surface area contributed by atoms with E-state index in [1.54, 1.807) is 11.1 Å². The molecule has 0 saturated carbocycles. The minimum absolute atomic E-state index is 0.00852. The maximum Gasteiger partial charge on any atom is 0.257 e. The summed E-state index contributed by atoms with van der Waals surface area (Å²) in [7, 11) is 0. The van der Waals surface area contributed by atoms with Crippen LogP contribution in [0.3, 0.4) is 0 Å². The van der Waals surface area contributed by atoms with E-state index in [0.717, 1.165) is 23.1 Å². The molecule has 0 aromatic carbocycles. The summed E-state index contributed by atoms with van der Waals surface area (Å²) in [5.74, 6) is 0.764. The Kier molecular flexibility index (Phi) is 6.54. The average molecular weight is 404 g/mol. The van der Waals surface area contributed by atoms with Crippen LogP contribution in [-0.4, -0.2) is 56.1 Å². The fourth-order valence-corrected chi connectivity index (χ4v) is 3.24. The van der Waals surface area contributed by atoms with Gasteiger partial charge in [0.15, 0.2) is 0 Å². The molecule has 29 heavy (non-hydrogen) atoms. The summed E-state index contributed by atoms with van der Waals surface area (Å²) in [5, 5.41) is 18.8. The van der Waals surface area contributed by atoms with Gasteiger partial charge in [0.25, 0.3) is 6.43 Å². The quantitative estimate of drug-likeness (QED) is 0.694. The molecule has 0 aliphatic carbocycles. The second-order valence-corrected chi connectivity index (χ2v) is 6.79. The molecule has 0 bridgehead atoms. The van der Waals surface area contributed by atoms with Crippen molar-refractivity contribution >= 4 is 23.4 Å². The van der Waals surface area contributed by atoms with Gasteiger partial charge in [0.2, 0.25) is 11.9 Å². The molecule has 3 rings (SSSR count). The van der Waals surface area contributed by atoms with Crippen molar-refractivity contribution < 1.29 is 13.6 Å². The van der Waals surface area contributed by atoms with Gasteiger partial charge in [0.05, 0.1) is 18.0 Å². The molecule has 9 nitrogen and oxygen atoms in total. The Balaban J connectivity index is 1.62. The number of alkyl halides is 2. The molecule has 11 heteroatoms. The number of rotatable bonds is 8. The summed E-state index contributed by atoms with van der Waals surface area (Å²) >= 11 is 0. The van der Waals surface area contributed by atoms with Crippen LogP contribution in [-0.2, 0) is 11.3 Å². The lowest BCUT2D eigenvalue weighted by Crippen LogP contribution is -2.39. The largest absolute Gasteiger partial charge is 0.368 e. The number of likely N-dealkylation sites (tertiary alicyclic amines) is 1. The SMILES string of the molecule is Cc1cnc(Nc2cnn(CC(F)F)c2)nc1NC[C@@H]1CCCN1C(=O)CC#N. The maximum atomic E-state index is 12.4. The first-order valence-electron chi connectivity index (χ1n) is 9.28. The molecule has 3 heterocycles. The molecule has 1 aliphatic heterocycles. The van der Waals surface area contributed by atoms with E-state index in [-0.39, 0.29) is 18.4 Å². The summed E-state index contributed by atoms with van der Waals surface area (Å²) in [4.78, 5) is 22.4. The molecule has 1 saturated heterocycles. The molecule has 1 aliphatic rings. The Bertz CT molecular complexity index is 894. The number of carbonyl (C=O) groups is 1. The number of aryl methyl sites for hydroxylation is 1. The second-order valence-electron chi connectivity index (χ2n) is 6.79. The predicted octanol–water partition coefficient (Wildman–Crippen LogP) is 2.31. The molecule has 1 fully saturated rings. The van der Waals surface area contributed by atoms with E-state index < -0.39 is 13.0 Å². The highest BCUT2D eigenvalue weighted by molar-refractivity contribution is 5.78. The number of anilines is 3. The van der Waals surface area contributed by atoms with E-state index in [9.17, 15) is 13.6 Å². The van der Waals surface area contributed by atoms with Crippen LogP contribution in [0.1, 0.15) is 24.8 Å². The van der Waals surface area contributed by atoms with E-state index in [1.807, 2.05) is 13.0 Å². The van der Waals surface area contributed by atoms with Crippen LogP contribution in [0.4, 0.5) is 26.2 Å². The smallest absolute Gasteiger partial charge is 0.257 e. The standard InChI is InChI=1S/C18H22F2N8O/c1-12-7-23-18(25-13-8-24-27(10-13)11-15(19)20)26-17(12)22-9-14-3-2-6-28(14)16(29)4-5-21/h7-8,10,14-15H,2-4,6,9,11H2,1H3,(H2,22,23,25,26)/t14-/m0/s1. The van der Waals surface area contributed by atoms with Gasteiger partial charge in [0, 0.05) is 37.1 Å². The number of halogens is 2. The van der Waals surface area contributed by atoms with E-state index >= 15 is 0 Å². The lowest BCUT2D eigenvalue weighted by Gasteiger charge is -2.24. The molecule has 0 unspecified atom stereocenters. The molecule has 0 spiro atoms. The first-order chi connectivity index (χ1) is 14.0. The van der Waals surface area contributed by atoms with Gasteiger partial charge < -0.3 is 15.5 Å². The minimum atomic E-state index is -2.48. The number of hydrogen-bond acceptors (Lipinski definition) is 7. The van der Waals surface area contributed by atoms with Crippen molar-refractivity contribution in [2.75, 3.05) is 23.7 Å². The first-order valence-corrected chi connectivity index (χ1v) is 9.28. The van der Waals surface area contributed by atoms with Crippen molar-refractivity contribution in [2.45, 2.75) is 45.2 Å². The van der Waals surface area contributed by atoms with Crippen LogP contribution in [0.5, 0.6) is 0 Å². The third kappa shape index (κ3) is 5.37. The fraction of sp³-hybridized carbons (Fsp3) is 0.500. The van der Waals surface area contributed by atoms with Crippen molar-refractivity contribution in [2.24, 2.45) is 0 Å². The molecular weight excluding hydrogens is 382 g/mol. The number of amides is 1. The van der Waals surface area contributed by atoms with E-state index in [0.29, 0.717) is 30.5 Å². The molecule has 154 valence electrons. The zero-order chi connectivity index (χ0) is 20.8. The number of nitrogens with zero attached hydrogens (tertiary/aromatic N) is 6. The summed E-state index contributed by atoms with van der Waals surface area (Å²) in [6, 6.07) is 1.91. The first kappa shape index (κ1) is 20.4. The molecule has 2 aromatic heterocycles. The predicted molar refractivity (Wildman–Crippen MR) is 102 cm³/mol. The van der Waals surface area contributed by atoms with Gasteiger partial charge in [-0.05, 0) is 19.8 Å². The van der Waals surface area contributed by atoms with Gasteiger partial charge in [0.1, 0.15) is 18.8 Å². The Labute approximate surface area is 166 Å². The number of nitrogens with one attached hydrogen (secondary N) is 2. The molecule has 2 N–H and O–H groups in total. The van der Waals surface area contributed by atoms with Gasteiger partial charge in [-0.1, -0.05) is 0 Å². The molecule has 1 amide bonds. The molecular formula is C18H22F2N8O. The van der Waals surface area contributed by atoms with Gasteiger partial charge >= 0.3 is 0 Å². The molecule has 1 atom stereocenters. The van der Waals surface area contributed by atoms with Crippen LogP contribution in [0, 0.1) is 18.3 Å². The maximum absolute atomic E-state index is 12.4. The molecule has 0 radical (unpaired) electrons. The Morgan fingerprint density at radius 1 is 1.45 bits per heavy atom. The normalized spacial score (nSPS) is 16.1. The highest BCUT2D eigenvalue weighted by atomic mass is 19.3. The van der Waals surface area contributed by atoms with Crippen LogP contribution in [0.25, 0.3) is 0 Å². The zero-order valence-corrected chi connectivity index (χ0v) is 16.0. The van der Waals surface area contributed by atoms with Gasteiger partial charge in [-0.15, -0.1) is 0 Å². The van der Waals surface area contributed by atoms with Gasteiger partial charge in [-0.2, -0.15) is 15.3 Å². The number of nitriles is 1. The van der Waals surface area contributed by atoms with Crippen LogP contribution >= 0.6 is 0 Å². The zero-order valence-electron chi connectivity index (χ0n) is 16.0. The highest BCUT2D eigenvalue weighted by Crippen LogP contribution is 2.21. The fourth-order valence-electron chi connectivity index (χ4n) is 3.24. The minimum Gasteiger partial charge on any atom is -0.368 e. The number of aromatic nitrogens is 4. The number of carbonyl (C=O) groups excluding carboxylic acids is 1. The topological polar surface area (TPSA) is 112 Å². The Morgan fingerprint density at radius 3 is 3.03 bits per heavy atom. The Hall–Kier alpha value is -3.29. The van der Waals surface area contributed by atoms with Crippen molar-refractivity contribution in [3.63, 3.8) is 0 Å². The second kappa shape index (κ2) is 9.27. The van der Waals surface area contributed by atoms with E-state index in [1.165, 1.54) is 12.4 Å². The summed E-state index contributed by atoms with van der Waals surface area (Å²) < 4.78 is 26.0. The van der Waals surface area contributed by atoms with Crippen LogP contribution in [0.2, 0.25) is 0 Å². The summed E-state index contributed by atoms with van der Waals surface area (Å²) in [6.45, 7) is 2.55. The average Bonchev–Trinajstić information content (AvgIpc) is 3.31. The van der Waals surface area contributed by atoms with Gasteiger partial charge in [-0.25, -0.2) is 13.8 Å². The lowest BCUT2D eigenvalue weighted by molar-refractivity contribution is -0.130. The third-order valence-corrected chi connectivity index (χ3v) is 4.62. The van der Waals surface area contributed by atoms with Crippen LogP contribution in [0.15, 0.2) is 18.6 Å². The Morgan fingerprint density at radius 2 is 2.28 bits per heavy atom. The van der Waals surface area contributed by atoms with Crippen molar-refractivity contribution in [1.29, 1.82) is 5.26 Å². The van der Waals surface area contributed by atoms with E-state index in [2.05, 4.69) is 25.7 Å². The monoisotopic (exact) mass is 404 g/mol.